The summed E-state index contributed by atoms with van der Waals surface area (Å²) in [6, 6.07) is 10.7. The number of aryl methyl sites for hydroxylation is 1. The highest BCUT2D eigenvalue weighted by molar-refractivity contribution is 5.99. The van der Waals surface area contributed by atoms with Gasteiger partial charge in [-0.15, -0.1) is 0 Å². The number of hydrogen-bond donors (Lipinski definition) is 0. The second-order valence-electron chi connectivity index (χ2n) is 5.46. The first kappa shape index (κ1) is 15.8. The molecule has 0 fully saturated rings. The van der Waals surface area contributed by atoms with Crippen molar-refractivity contribution in [2.45, 2.75) is 27.7 Å². The molecule has 3 heteroatoms. The van der Waals surface area contributed by atoms with Gasteiger partial charge < -0.3 is 4.74 Å². The molecule has 2 rings (SSSR count). The van der Waals surface area contributed by atoms with Crippen LogP contribution in [-0.4, -0.2) is 12.4 Å². The lowest BCUT2D eigenvalue weighted by Crippen LogP contribution is -2.14. The Balaban J connectivity index is 2.14. The third-order valence-electron chi connectivity index (χ3n) is 4.14. The van der Waals surface area contributed by atoms with E-state index in [-0.39, 0.29) is 12.4 Å². The van der Waals surface area contributed by atoms with Crippen molar-refractivity contribution in [3.05, 3.63) is 63.7 Å². The molecule has 0 N–H and O–H groups in total. The highest BCUT2D eigenvalue weighted by Crippen LogP contribution is 2.22. The van der Waals surface area contributed by atoms with Crippen molar-refractivity contribution in [2.75, 3.05) is 6.61 Å². The summed E-state index contributed by atoms with van der Waals surface area (Å²) in [6.07, 6.45) is 0. The highest BCUT2D eigenvalue weighted by atomic mass is 16.5. The van der Waals surface area contributed by atoms with Crippen LogP contribution in [0.3, 0.4) is 0 Å². The zero-order chi connectivity index (χ0) is 16.3. The molecule has 0 saturated heterocycles. The minimum absolute atomic E-state index is 0.00528. The lowest BCUT2D eigenvalue weighted by atomic mass is 9.93. The van der Waals surface area contributed by atoms with Gasteiger partial charge in [-0.1, -0.05) is 0 Å². The minimum Gasteiger partial charge on any atom is -0.485 e. The molecule has 0 aromatic heterocycles. The standard InChI is InChI=1S/C19H19NO2/c1-12-9-18(15(4)14(3)13(12)2)19(21)11-22-17-7-5-16(10-20)6-8-17/h5-9H,11H2,1-4H3. The number of carbonyl (C=O) groups excluding carboxylic acids is 1. The average molecular weight is 293 g/mol. The molecule has 0 atom stereocenters. The Morgan fingerprint density at radius 2 is 1.68 bits per heavy atom. The Labute approximate surface area is 131 Å². The fourth-order valence-corrected chi connectivity index (χ4v) is 2.35. The molecule has 3 nitrogen and oxygen atoms in total. The smallest absolute Gasteiger partial charge is 0.200 e. The quantitative estimate of drug-likeness (QED) is 0.799. The molecule has 0 amide bonds. The maximum atomic E-state index is 12.4. The zero-order valence-corrected chi connectivity index (χ0v) is 13.4. The first-order valence-corrected chi connectivity index (χ1v) is 7.17. The molecular formula is C19H19NO2. The van der Waals surface area contributed by atoms with Crippen LogP contribution >= 0.6 is 0 Å². The number of rotatable bonds is 4. The van der Waals surface area contributed by atoms with Gasteiger partial charge in [0.05, 0.1) is 11.6 Å². The number of hydrogen-bond acceptors (Lipinski definition) is 3. The maximum absolute atomic E-state index is 12.4. The number of nitriles is 1. The Kier molecular flexibility index (Phi) is 4.62. The monoisotopic (exact) mass is 293 g/mol. The van der Waals surface area contributed by atoms with Crippen molar-refractivity contribution >= 4 is 5.78 Å². The summed E-state index contributed by atoms with van der Waals surface area (Å²) in [6.45, 7) is 8.08. The van der Waals surface area contributed by atoms with E-state index in [0.717, 1.165) is 16.7 Å². The van der Waals surface area contributed by atoms with E-state index < -0.39 is 0 Å². The third-order valence-corrected chi connectivity index (χ3v) is 4.14. The number of Topliss-reactive ketones (excluding diaryl/α,β-unsaturated/α-hetero) is 1. The van der Waals surface area contributed by atoms with Crippen LogP contribution in [0.15, 0.2) is 30.3 Å². The van der Waals surface area contributed by atoms with Gasteiger partial charge in [0, 0.05) is 5.56 Å². The van der Waals surface area contributed by atoms with Crippen LogP contribution in [0.5, 0.6) is 5.75 Å². The van der Waals surface area contributed by atoms with E-state index in [1.807, 2.05) is 32.9 Å². The van der Waals surface area contributed by atoms with Gasteiger partial charge in [0.25, 0.3) is 0 Å². The summed E-state index contributed by atoms with van der Waals surface area (Å²) in [5.41, 5.74) is 5.79. The van der Waals surface area contributed by atoms with Gasteiger partial charge in [-0.3, -0.25) is 4.79 Å². The van der Waals surface area contributed by atoms with Gasteiger partial charge in [0.15, 0.2) is 12.4 Å². The maximum Gasteiger partial charge on any atom is 0.200 e. The second-order valence-corrected chi connectivity index (χ2v) is 5.46. The molecular weight excluding hydrogens is 274 g/mol. The third kappa shape index (κ3) is 3.17. The first-order valence-electron chi connectivity index (χ1n) is 7.17. The summed E-state index contributed by atoms with van der Waals surface area (Å²) in [5, 5.41) is 8.76. The van der Waals surface area contributed by atoms with E-state index in [2.05, 4.69) is 6.92 Å². The van der Waals surface area contributed by atoms with Crippen molar-refractivity contribution in [2.24, 2.45) is 0 Å². The molecule has 0 aliphatic carbocycles. The van der Waals surface area contributed by atoms with Crippen LogP contribution in [0.4, 0.5) is 0 Å². The van der Waals surface area contributed by atoms with Gasteiger partial charge in [0.1, 0.15) is 5.75 Å². The van der Waals surface area contributed by atoms with Crippen molar-refractivity contribution in [3.8, 4) is 11.8 Å². The molecule has 0 bridgehead atoms. The van der Waals surface area contributed by atoms with E-state index in [1.165, 1.54) is 5.56 Å². The molecule has 0 aliphatic heterocycles. The van der Waals surface area contributed by atoms with E-state index in [0.29, 0.717) is 16.9 Å². The van der Waals surface area contributed by atoms with Crippen LogP contribution in [0.1, 0.15) is 38.2 Å². The zero-order valence-electron chi connectivity index (χ0n) is 13.4. The molecule has 0 heterocycles. The van der Waals surface area contributed by atoms with E-state index >= 15 is 0 Å². The van der Waals surface area contributed by atoms with Gasteiger partial charge in [-0.05, 0) is 80.3 Å². The van der Waals surface area contributed by atoms with E-state index in [9.17, 15) is 4.79 Å². The normalized spacial score (nSPS) is 10.1. The van der Waals surface area contributed by atoms with Gasteiger partial charge in [-0.2, -0.15) is 5.26 Å². The Bertz CT molecular complexity index is 752. The molecule has 22 heavy (non-hydrogen) atoms. The SMILES string of the molecule is Cc1cc(C(=O)COc2ccc(C#N)cc2)c(C)c(C)c1C. The molecule has 0 spiro atoms. The summed E-state index contributed by atoms with van der Waals surface area (Å²) in [7, 11) is 0. The van der Waals surface area contributed by atoms with E-state index in [1.54, 1.807) is 24.3 Å². The van der Waals surface area contributed by atoms with Crippen molar-refractivity contribution in [1.82, 2.24) is 0 Å². The van der Waals surface area contributed by atoms with Crippen LogP contribution in [0.25, 0.3) is 0 Å². The van der Waals surface area contributed by atoms with Crippen molar-refractivity contribution in [1.29, 1.82) is 5.26 Å². The predicted octanol–water partition coefficient (Wildman–Crippen LogP) is 4.05. The minimum atomic E-state index is -0.0342. The van der Waals surface area contributed by atoms with Crippen LogP contribution in [0.2, 0.25) is 0 Å². The molecule has 2 aromatic carbocycles. The lowest BCUT2D eigenvalue weighted by molar-refractivity contribution is 0.0920. The second kappa shape index (κ2) is 6.44. The summed E-state index contributed by atoms with van der Waals surface area (Å²) < 4.78 is 5.53. The number of ether oxygens (including phenoxy) is 1. The van der Waals surface area contributed by atoms with Crippen LogP contribution in [0, 0.1) is 39.0 Å². The van der Waals surface area contributed by atoms with E-state index in [4.69, 9.17) is 10.00 Å². The number of carbonyl (C=O) groups is 1. The van der Waals surface area contributed by atoms with Gasteiger partial charge in [0.2, 0.25) is 0 Å². The van der Waals surface area contributed by atoms with Crippen LogP contribution in [-0.2, 0) is 0 Å². The Morgan fingerprint density at radius 3 is 2.27 bits per heavy atom. The number of benzene rings is 2. The van der Waals surface area contributed by atoms with Crippen molar-refractivity contribution in [3.63, 3.8) is 0 Å². The fraction of sp³-hybridized carbons (Fsp3) is 0.263. The lowest BCUT2D eigenvalue weighted by Gasteiger charge is -2.14. The van der Waals surface area contributed by atoms with Gasteiger partial charge in [-0.25, -0.2) is 0 Å². The van der Waals surface area contributed by atoms with Crippen molar-refractivity contribution < 1.29 is 9.53 Å². The largest absolute Gasteiger partial charge is 0.485 e. The molecule has 0 saturated carbocycles. The van der Waals surface area contributed by atoms with Crippen LogP contribution < -0.4 is 4.74 Å². The summed E-state index contributed by atoms with van der Waals surface area (Å²) >= 11 is 0. The molecule has 0 aliphatic rings. The molecule has 2 aromatic rings. The average Bonchev–Trinajstić information content (AvgIpc) is 2.54. The molecule has 0 radical (unpaired) electrons. The molecule has 112 valence electrons. The number of nitrogens with zero attached hydrogens (tertiary/aromatic N) is 1. The summed E-state index contributed by atoms with van der Waals surface area (Å²) in [4.78, 5) is 12.4. The Hall–Kier alpha value is -2.60. The molecule has 0 unspecified atom stereocenters. The topological polar surface area (TPSA) is 50.1 Å². The Morgan fingerprint density at radius 1 is 1.05 bits per heavy atom. The number of ketones is 1. The fourth-order valence-electron chi connectivity index (χ4n) is 2.35. The first-order chi connectivity index (χ1) is 10.4. The highest BCUT2D eigenvalue weighted by Gasteiger charge is 2.14. The summed E-state index contributed by atoms with van der Waals surface area (Å²) in [5.74, 6) is 0.554. The predicted molar refractivity (Wildman–Crippen MR) is 86.4 cm³/mol. The van der Waals surface area contributed by atoms with Gasteiger partial charge >= 0.3 is 0 Å².